The number of hydrogen-bond acceptors (Lipinski definition) is 5. The normalized spacial score (nSPS) is 11.8. The van der Waals surface area contributed by atoms with Crippen molar-refractivity contribution in [1.29, 1.82) is 0 Å². The minimum atomic E-state index is -0.961. The first kappa shape index (κ1) is 22.7. The van der Waals surface area contributed by atoms with E-state index in [1.54, 1.807) is 36.5 Å². The number of benzene rings is 3. The number of hydrogen-bond donors (Lipinski definition) is 1. The van der Waals surface area contributed by atoms with Crippen LogP contribution in [0.15, 0.2) is 97.2 Å². The predicted octanol–water partition coefficient (Wildman–Crippen LogP) is 5.40. The largest absolute Gasteiger partial charge is 0.489 e. The monoisotopic (exact) mass is 452 g/mol. The van der Waals surface area contributed by atoms with Crippen LogP contribution in [0.4, 0.5) is 5.69 Å². The maximum absolute atomic E-state index is 12.4. The zero-order chi connectivity index (χ0) is 23.8. The molecule has 0 bridgehead atoms. The van der Waals surface area contributed by atoms with Crippen LogP contribution < -0.4 is 10.1 Å². The minimum absolute atomic E-state index is 0.425. The number of amides is 1. The van der Waals surface area contributed by atoms with Gasteiger partial charge in [-0.15, -0.1) is 0 Å². The van der Waals surface area contributed by atoms with Gasteiger partial charge in [-0.25, -0.2) is 4.79 Å². The Balaban J connectivity index is 1.28. The van der Waals surface area contributed by atoms with Crippen molar-refractivity contribution in [2.24, 2.45) is 0 Å². The Kier molecular flexibility index (Phi) is 7.30. The second kappa shape index (κ2) is 10.9. The molecular weight excluding hydrogens is 428 g/mol. The molecule has 0 radical (unpaired) electrons. The Morgan fingerprint density at radius 3 is 2.50 bits per heavy atom. The highest BCUT2D eigenvalue weighted by Crippen LogP contribution is 2.19. The number of nitrogens with one attached hydrogen (secondary N) is 1. The summed E-state index contributed by atoms with van der Waals surface area (Å²) in [6, 6.07) is 26.4. The van der Waals surface area contributed by atoms with Crippen LogP contribution in [-0.4, -0.2) is 23.0 Å². The number of pyridine rings is 1. The van der Waals surface area contributed by atoms with Gasteiger partial charge in [-0.2, -0.15) is 0 Å². The van der Waals surface area contributed by atoms with Crippen LogP contribution in [0.3, 0.4) is 0 Å². The molecule has 0 aliphatic rings. The fourth-order valence-electron chi connectivity index (χ4n) is 3.31. The van der Waals surface area contributed by atoms with Crippen LogP contribution in [0.2, 0.25) is 0 Å². The molecule has 170 valence electrons. The fourth-order valence-corrected chi connectivity index (χ4v) is 3.31. The average molecular weight is 453 g/mol. The molecule has 1 N–H and O–H groups in total. The Labute approximate surface area is 197 Å². The number of aromatic nitrogens is 1. The third-order valence-electron chi connectivity index (χ3n) is 5.10. The van der Waals surface area contributed by atoms with Gasteiger partial charge >= 0.3 is 5.97 Å². The molecule has 1 unspecified atom stereocenters. The summed E-state index contributed by atoms with van der Waals surface area (Å²) in [5, 5.41) is 3.71. The van der Waals surface area contributed by atoms with Gasteiger partial charge in [-0.05, 0) is 48.9 Å². The molecular formula is C28H24N2O4. The van der Waals surface area contributed by atoms with Crippen LogP contribution in [-0.2, 0) is 20.9 Å². The van der Waals surface area contributed by atoms with E-state index in [1.807, 2.05) is 60.7 Å². The van der Waals surface area contributed by atoms with Crippen molar-refractivity contribution >= 4 is 34.5 Å². The second-order valence-corrected chi connectivity index (χ2v) is 7.62. The van der Waals surface area contributed by atoms with Crippen molar-refractivity contribution in [1.82, 2.24) is 4.98 Å². The molecule has 0 fully saturated rings. The number of carbonyl (C=O) groups excluding carboxylic acids is 2. The molecule has 6 heteroatoms. The molecule has 6 nitrogen and oxygen atoms in total. The fraction of sp³-hybridized carbons (Fsp3) is 0.107. The van der Waals surface area contributed by atoms with Crippen molar-refractivity contribution < 1.29 is 19.1 Å². The summed E-state index contributed by atoms with van der Waals surface area (Å²) < 4.78 is 11.0. The molecule has 0 aliphatic carbocycles. The topological polar surface area (TPSA) is 77.5 Å². The lowest BCUT2D eigenvalue weighted by molar-refractivity contribution is -0.148. The number of para-hydroxylation sites is 1. The first-order chi connectivity index (χ1) is 16.6. The summed E-state index contributed by atoms with van der Waals surface area (Å²) in [6.07, 6.45) is 3.67. The number of carbonyl (C=O) groups is 2. The van der Waals surface area contributed by atoms with Crippen LogP contribution in [0, 0.1) is 0 Å². The summed E-state index contributed by atoms with van der Waals surface area (Å²) in [5.41, 5.74) is 3.23. The summed E-state index contributed by atoms with van der Waals surface area (Å²) in [4.78, 5) is 29.0. The molecule has 3 aromatic carbocycles. The number of rotatable bonds is 8. The number of esters is 1. The second-order valence-electron chi connectivity index (χ2n) is 7.62. The number of ether oxygens (including phenoxy) is 2. The van der Waals surface area contributed by atoms with Gasteiger partial charge in [0.25, 0.3) is 5.91 Å². The zero-order valence-corrected chi connectivity index (χ0v) is 18.7. The maximum atomic E-state index is 12.4. The smallest absolute Gasteiger partial charge is 0.331 e. The number of nitrogens with zero attached hydrogens (tertiary/aromatic N) is 1. The van der Waals surface area contributed by atoms with Gasteiger partial charge in [0, 0.05) is 28.9 Å². The highest BCUT2D eigenvalue weighted by atomic mass is 16.5. The van der Waals surface area contributed by atoms with Crippen molar-refractivity contribution in [2.45, 2.75) is 19.6 Å². The molecule has 0 aliphatic heterocycles. The average Bonchev–Trinajstić information content (AvgIpc) is 2.87. The predicted molar refractivity (Wildman–Crippen MR) is 132 cm³/mol. The van der Waals surface area contributed by atoms with Crippen molar-refractivity contribution in [2.75, 3.05) is 5.32 Å². The standard InChI is InChI=1S/C28H24N2O4/c1-20(34-26(31)17-12-23-10-5-9-22-11-6-18-29-27(22)23)28(32)30-24-13-15-25(16-14-24)33-19-21-7-3-2-4-8-21/h2-18,20H,19H2,1H3,(H,30,32)/b17-12+. The number of fused-ring (bicyclic) bond motifs is 1. The quantitative estimate of drug-likeness (QED) is 0.286. The van der Waals surface area contributed by atoms with Gasteiger partial charge in [0.15, 0.2) is 6.10 Å². The van der Waals surface area contributed by atoms with Gasteiger partial charge in [0.05, 0.1) is 5.52 Å². The lowest BCUT2D eigenvalue weighted by Gasteiger charge is -2.13. The maximum Gasteiger partial charge on any atom is 0.331 e. The van der Waals surface area contributed by atoms with Gasteiger partial charge in [-0.3, -0.25) is 9.78 Å². The van der Waals surface area contributed by atoms with E-state index >= 15 is 0 Å². The molecule has 4 aromatic rings. The van der Waals surface area contributed by atoms with Crippen LogP contribution in [0.1, 0.15) is 18.1 Å². The van der Waals surface area contributed by atoms with E-state index in [0.29, 0.717) is 18.0 Å². The highest BCUT2D eigenvalue weighted by molar-refractivity contribution is 5.97. The van der Waals surface area contributed by atoms with E-state index in [1.165, 1.54) is 13.0 Å². The first-order valence-electron chi connectivity index (χ1n) is 10.9. The lowest BCUT2D eigenvalue weighted by Crippen LogP contribution is -2.29. The third-order valence-corrected chi connectivity index (χ3v) is 5.10. The van der Waals surface area contributed by atoms with E-state index in [0.717, 1.165) is 22.0 Å². The molecule has 1 atom stereocenters. The van der Waals surface area contributed by atoms with Crippen molar-refractivity contribution in [3.05, 3.63) is 108 Å². The Morgan fingerprint density at radius 1 is 0.941 bits per heavy atom. The number of anilines is 1. The van der Waals surface area contributed by atoms with E-state index in [9.17, 15) is 9.59 Å². The van der Waals surface area contributed by atoms with Gasteiger partial charge in [0.2, 0.25) is 0 Å². The zero-order valence-electron chi connectivity index (χ0n) is 18.7. The van der Waals surface area contributed by atoms with Crippen molar-refractivity contribution in [3.63, 3.8) is 0 Å². The van der Waals surface area contributed by atoms with Crippen molar-refractivity contribution in [3.8, 4) is 5.75 Å². The molecule has 0 saturated carbocycles. The third kappa shape index (κ3) is 6.07. The molecule has 4 rings (SSSR count). The van der Waals surface area contributed by atoms with Crippen LogP contribution >= 0.6 is 0 Å². The molecule has 0 saturated heterocycles. The van der Waals surface area contributed by atoms with Gasteiger partial charge in [0.1, 0.15) is 12.4 Å². The SMILES string of the molecule is CC(OC(=O)/C=C/c1cccc2cccnc12)C(=O)Nc1ccc(OCc2ccccc2)cc1. The first-order valence-corrected chi connectivity index (χ1v) is 10.9. The molecule has 1 aromatic heterocycles. The Hall–Kier alpha value is -4.45. The lowest BCUT2D eigenvalue weighted by atomic mass is 10.1. The van der Waals surface area contributed by atoms with Crippen LogP contribution in [0.25, 0.3) is 17.0 Å². The van der Waals surface area contributed by atoms with Gasteiger partial charge in [-0.1, -0.05) is 54.6 Å². The summed E-state index contributed by atoms with van der Waals surface area (Å²) in [5.74, 6) is -0.346. The van der Waals surface area contributed by atoms with Gasteiger partial charge < -0.3 is 14.8 Å². The van der Waals surface area contributed by atoms with Crippen LogP contribution in [0.5, 0.6) is 5.75 Å². The van der Waals surface area contributed by atoms with E-state index < -0.39 is 18.0 Å². The molecule has 1 amide bonds. The molecule has 34 heavy (non-hydrogen) atoms. The van der Waals surface area contributed by atoms with E-state index in [-0.39, 0.29) is 0 Å². The molecule has 1 heterocycles. The molecule has 0 spiro atoms. The Bertz CT molecular complexity index is 1300. The van der Waals surface area contributed by atoms with E-state index in [4.69, 9.17) is 9.47 Å². The highest BCUT2D eigenvalue weighted by Gasteiger charge is 2.16. The summed E-state index contributed by atoms with van der Waals surface area (Å²) in [6.45, 7) is 1.99. The van der Waals surface area contributed by atoms with E-state index in [2.05, 4.69) is 10.3 Å². The summed E-state index contributed by atoms with van der Waals surface area (Å²) in [7, 11) is 0. The summed E-state index contributed by atoms with van der Waals surface area (Å²) >= 11 is 0. The Morgan fingerprint density at radius 2 is 1.71 bits per heavy atom. The minimum Gasteiger partial charge on any atom is -0.489 e.